The van der Waals surface area contributed by atoms with Gasteiger partial charge in [0.05, 0.1) is 6.10 Å². The zero-order chi connectivity index (χ0) is 7.86. The number of rotatable bonds is 2. The molecule has 0 amide bonds. The van der Waals surface area contributed by atoms with Crippen molar-refractivity contribution in [3.8, 4) is 0 Å². The smallest absolute Gasteiger partial charge is 0.680 e. The summed E-state index contributed by atoms with van der Waals surface area (Å²) in [5, 5.41) is 8.64. The fourth-order valence-electron chi connectivity index (χ4n) is 0.451. The van der Waals surface area contributed by atoms with Gasteiger partial charge in [-0.1, -0.05) is 0 Å². The van der Waals surface area contributed by atoms with Crippen molar-refractivity contribution in [1.82, 2.24) is 4.90 Å². The van der Waals surface area contributed by atoms with E-state index in [2.05, 4.69) is 7.05 Å². The van der Waals surface area contributed by atoms with Crippen molar-refractivity contribution in [2.45, 2.75) is 13.0 Å². The molecule has 0 heterocycles. The Morgan fingerprint density at radius 1 is 1.60 bits per heavy atom. The number of likely N-dealkylation sites (N-methyl/N-ethyl adjacent to an activating group) is 1. The first-order valence-electron chi connectivity index (χ1n) is 2.82. The Morgan fingerprint density at radius 3 is 1.90 bits per heavy atom. The number of hydrogen-bond acceptors (Lipinski definition) is 2. The third-order valence-electron chi connectivity index (χ3n) is 0.576. The van der Waals surface area contributed by atoms with Gasteiger partial charge in [0.15, 0.2) is 0 Å². The molecule has 0 spiro atoms. The average Bonchev–Trinajstić information content (AvgIpc) is 1.68. The van der Waals surface area contributed by atoms with E-state index < -0.39 is 0 Å². The molecule has 0 saturated carbocycles. The molecule has 0 aromatic carbocycles. The van der Waals surface area contributed by atoms with Gasteiger partial charge in [0.25, 0.3) is 0 Å². The first-order chi connectivity index (χ1) is 4.13. The molecule has 62 valence electrons. The van der Waals surface area contributed by atoms with Gasteiger partial charge in [-0.25, -0.2) is 0 Å². The fourth-order valence-corrected chi connectivity index (χ4v) is 0.451. The van der Waals surface area contributed by atoms with Crippen molar-refractivity contribution in [2.75, 3.05) is 20.6 Å². The summed E-state index contributed by atoms with van der Waals surface area (Å²) in [6.07, 6.45) is -0.262. The van der Waals surface area contributed by atoms with E-state index in [4.69, 9.17) is 10.8 Å². The molecule has 0 aliphatic heterocycles. The van der Waals surface area contributed by atoms with E-state index in [1.54, 1.807) is 11.8 Å². The van der Waals surface area contributed by atoms with Gasteiger partial charge in [0, 0.05) is 0 Å². The molecule has 0 aromatic heterocycles. The Hall–Kier alpha value is 0.568. The summed E-state index contributed by atoms with van der Waals surface area (Å²) in [7, 11) is 6.63. The SMILES string of the molecule is C[NH-].[CH2-]N(C)CC(C)O.[W+2]. The first kappa shape index (κ1) is 16.9. The molecule has 0 aliphatic rings. The molecule has 0 rings (SSSR count). The van der Waals surface area contributed by atoms with E-state index >= 15 is 0 Å². The van der Waals surface area contributed by atoms with Crippen LogP contribution in [0.1, 0.15) is 6.92 Å². The molecule has 0 aromatic rings. The number of nitrogens with one attached hydrogen (secondary N) is 1. The zero-order valence-electron chi connectivity index (χ0n) is 6.79. The number of aliphatic hydroxyl groups is 1. The molecular formula is C6H16N2OW. The van der Waals surface area contributed by atoms with Crippen molar-refractivity contribution in [2.24, 2.45) is 0 Å². The van der Waals surface area contributed by atoms with Crippen molar-refractivity contribution in [3.63, 3.8) is 0 Å². The minimum absolute atomic E-state index is 0. The first-order valence-corrected chi connectivity index (χ1v) is 2.82. The number of nitrogens with zero attached hydrogens (tertiary/aromatic N) is 1. The van der Waals surface area contributed by atoms with E-state index in [-0.39, 0.29) is 27.2 Å². The molecule has 1 atom stereocenters. The van der Waals surface area contributed by atoms with Crippen LogP contribution in [-0.4, -0.2) is 36.8 Å². The maximum absolute atomic E-state index is 8.64. The Kier molecular flexibility index (Phi) is 20.7. The van der Waals surface area contributed by atoms with Gasteiger partial charge in [-0.2, -0.15) is 7.05 Å². The van der Waals surface area contributed by atoms with Crippen molar-refractivity contribution in [1.29, 1.82) is 0 Å². The molecule has 0 bridgehead atoms. The summed E-state index contributed by atoms with van der Waals surface area (Å²) in [5.74, 6) is 0. The van der Waals surface area contributed by atoms with E-state index in [1.807, 2.05) is 7.05 Å². The van der Waals surface area contributed by atoms with Gasteiger partial charge in [-0.3, -0.25) is 7.05 Å². The van der Waals surface area contributed by atoms with Crippen LogP contribution in [0.25, 0.3) is 5.73 Å². The minimum atomic E-state index is -0.262. The summed E-state index contributed by atoms with van der Waals surface area (Å²) < 4.78 is 0. The van der Waals surface area contributed by atoms with Crippen LogP contribution in [0.3, 0.4) is 0 Å². The van der Waals surface area contributed by atoms with Crippen LogP contribution in [0.4, 0.5) is 0 Å². The topological polar surface area (TPSA) is 47.3 Å². The van der Waals surface area contributed by atoms with Gasteiger partial charge < -0.3 is 15.7 Å². The molecule has 0 radical (unpaired) electrons. The molecule has 0 fully saturated rings. The van der Waals surface area contributed by atoms with E-state index in [0.717, 1.165) is 0 Å². The quantitative estimate of drug-likeness (QED) is 0.765. The van der Waals surface area contributed by atoms with Crippen LogP contribution in [0, 0.1) is 7.05 Å². The molecule has 1 unspecified atom stereocenters. The summed E-state index contributed by atoms with van der Waals surface area (Å²) in [6.45, 7) is 2.38. The van der Waals surface area contributed by atoms with Gasteiger partial charge in [-0.05, 0) is 20.5 Å². The van der Waals surface area contributed by atoms with Crippen molar-refractivity contribution in [3.05, 3.63) is 12.8 Å². The van der Waals surface area contributed by atoms with Gasteiger partial charge in [-0.15, -0.1) is 0 Å². The summed E-state index contributed by atoms with van der Waals surface area (Å²) in [5.41, 5.74) is 5.75. The molecule has 0 aliphatic carbocycles. The van der Waals surface area contributed by atoms with Gasteiger partial charge >= 0.3 is 21.1 Å². The van der Waals surface area contributed by atoms with Crippen molar-refractivity contribution >= 4 is 0 Å². The maximum atomic E-state index is 8.64. The van der Waals surface area contributed by atoms with E-state index in [9.17, 15) is 0 Å². The Labute approximate surface area is 77.9 Å². The molecule has 4 heteroatoms. The second kappa shape index (κ2) is 12.3. The van der Waals surface area contributed by atoms with Crippen LogP contribution < -0.4 is 0 Å². The average molecular weight is 316 g/mol. The molecule has 2 N–H and O–H groups in total. The summed E-state index contributed by atoms with van der Waals surface area (Å²) >= 11 is 0. The second-order valence-electron chi connectivity index (χ2n) is 1.89. The predicted octanol–water partition coefficient (Wildman–Crippen LogP) is 0.756. The third-order valence-corrected chi connectivity index (χ3v) is 0.576. The molecule has 3 nitrogen and oxygen atoms in total. The largest absolute Gasteiger partial charge is 2.00 e. The Bertz CT molecular complexity index is 45.0. The third kappa shape index (κ3) is 23.5. The normalized spacial score (nSPS) is 11.1. The maximum Gasteiger partial charge on any atom is 2.00 e. The molecule has 10 heavy (non-hydrogen) atoms. The zero-order valence-corrected chi connectivity index (χ0v) is 9.73. The van der Waals surface area contributed by atoms with Gasteiger partial charge in [0.1, 0.15) is 0 Å². The fraction of sp³-hybridized carbons (Fsp3) is 0.833. The van der Waals surface area contributed by atoms with Crippen LogP contribution in [0.5, 0.6) is 0 Å². The monoisotopic (exact) mass is 316 g/mol. The molecule has 0 saturated heterocycles. The van der Waals surface area contributed by atoms with E-state index in [1.165, 1.54) is 7.05 Å². The summed E-state index contributed by atoms with van der Waals surface area (Å²) in [6, 6.07) is 0. The van der Waals surface area contributed by atoms with E-state index in [0.29, 0.717) is 6.54 Å². The predicted molar refractivity (Wildman–Crippen MR) is 39.9 cm³/mol. The number of hydrogen-bond donors (Lipinski definition) is 1. The van der Waals surface area contributed by atoms with Gasteiger partial charge in [0.2, 0.25) is 0 Å². The minimum Gasteiger partial charge on any atom is -0.680 e. The Morgan fingerprint density at radius 2 is 1.90 bits per heavy atom. The Balaban J connectivity index is -0.000000149. The van der Waals surface area contributed by atoms with Crippen LogP contribution in [-0.2, 0) is 21.1 Å². The second-order valence-corrected chi connectivity index (χ2v) is 1.89. The molecular weight excluding hydrogens is 300 g/mol. The number of aliphatic hydroxyl groups excluding tert-OH is 1. The standard InChI is InChI=1S/C5H12NO.CH4N.W/c1-5(7)4-6(2)3;1-2;/h5,7H,2,4H2,1,3H3;2H,1H3;/q2*-1;+2. The van der Waals surface area contributed by atoms with Crippen LogP contribution in [0.2, 0.25) is 0 Å². The van der Waals surface area contributed by atoms with Crippen LogP contribution >= 0.6 is 0 Å². The van der Waals surface area contributed by atoms with Crippen LogP contribution in [0.15, 0.2) is 0 Å². The summed E-state index contributed by atoms with van der Waals surface area (Å²) in [4.78, 5) is 1.70. The van der Waals surface area contributed by atoms with Crippen molar-refractivity contribution < 1.29 is 26.2 Å².